The Bertz CT molecular complexity index is 650. The van der Waals surface area contributed by atoms with Crippen molar-refractivity contribution in [2.75, 3.05) is 51.8 Å². The Labute approximate surface area is 191 Å². The van der Waals surface area contributed by atoms with Gasteiger partial charge >= 0.3 is 0 Å². The molecule has 2 aliphatic heterocycles. The number of guanidine groups is 1. The summed E-state index contributed by atoms with van der Waals surface area (Å²) < 4.78 is 5.70. The lowest BCUT2D eigenvalue weighted by Gasteiger charge is -2.35. The van der Waals surface area contributed by atoms with Crippen molar-refractivity contribution in [3.05, 3.63) is 30.3 Å². The normalized spacial score (nSPS) is 22.0. The van der Waals surface area contributed by atoms with E-state index in [4.69, 9.17) is 4.74 Å². The van der Waals surface area contributed by atoms with E-state index in [1.54, 1.807) is 19.0 Å². The number of nitrogens with one attached hydrogen (secondary N) is 2. The van der Waals surface area contributed by atoms with Crippen molar-refractivity contribution in [3.63, 3.8) is 0 Å². The van der Waals surface area contributed by atoms with Crippen molar-refractivity contribution < 1.29 is 9.53 Å². The molecule has 2 aliphatic rings. The molecule has 162 valence electrons. The number of hydrogen-bond acceptors (Lipinski definition) is 4. The molecular formula is C21H34IN5O2. The van der Waals surface area contributed by atoms with Crippen molar-refractivity contribution in [1.29, 1.82) is 0 Å². The molecule has 1 amide bonds. The summed E-state index contributed by atoms with van der Waals surface area (Å²) in [5.41, 5.74) is 1.25. The maximum absolute atomic E-state index is 12.0. The van der Waals surface area contributed by atoms with Gasteiger partial charge in [-0.05, 0) is 37.8 Å². The molecule has 2 unspecified atom stereocenters. The Hall–Kier alpha value is -1.55. The van der Waals surface area contributed by atoms with Crippen LogP contribution in [0.4, 0.5) is 5.69 Å². The molecule has 7 nitrogen and oxygen atoms in total. The van der Waals surface area contributed by atoms with Gasteiger partial charge in [0.1, 0.15) is 6.54 Å². The Kier molecular flexibility index (Phi) is 9.99. The molecule has 0 saturated carbocycles. The summed E-state index contributed by atoms with van der Waals surface area (Å²) in [7, 11) is 3.51. The Morgan fingerprint density at radius 3 is 2.72 bits per heavy atom. The highest BCUT2D eigenvalue weighted by Gasteiger charge is 2.22. The Morgan fingerprint density at radius 1 is 1.24 bits per heavy atom. The van der Waals surface area contributed by atoms with E-state index in [0.717, 1.165) is 51.9 Å². The van der Waals surface area contributed by atoms with E-state index in [-0.39, 0.29) is 42.5 Å². The largest absolute Gasteiger partial charge is 0.376 e. The number of likely N-dealkylation sites (N-methyl/N-ethyl adjacent to an activating group) is 1. The summed E-state index contributed by atoms with van der Waals surface area (Å²) in [6.07, 6.45) is 4.62. The lowest BCUT2D eigenvalue weighted by Crippen LogP contribution is -2.52. The number of rotatable bonds is 6. The zero-order chi connectivity index (χ0) is 19.8. The minimum absolute atomic E-state index is 0. The van der Waals surface area contributed by atoms with Crippen LogP contribution in [0.5, 0.6) is 0 Å². The lowest BCUT2D eigenvalue weighted by molar-refractivity contribution is -0.127. The first-order valence-electron chi connectivity index (χ1n) is 10.3. The number of piperidine rings is 1. The van der Waals surface area contributed by atoms with Gasteiger partial charge in [-0.1, -0.05) is 18.2 Å². The van der Waals surface area contributed by atoms with Gasteiger partial charge in [0.25, 0.3) is 0 Å². The van der Waals surface area contributed by atoms with Crippen LogP contribution in [-0.4, -0.2) is 75.8 Å². The van der Waals surface area contributed by atoms with Gasteiger partial charge in [0.05, 0.1) is 6.10 Å². The number of halogens is 1. The van der Waals surface area contributed by atoms with E-state index in [2.05, 4.69) is 44.8 Å². The van der Waals surface area contributed by atoms with Crippen molar-refractivity contribution >= 4 is 41.5 Å². The highest BCUT2D eigenvalue weighted by atomic mass is 127. The fraction of sp³-hybridized carbons (Fsp3) is 0.619. The first-order valence-corrected chi connectivity index (χ1v) is 10.3. The molecule has 8 heteroatoms. The van der Waals surface area contributed by atoms with Crippen LogP contribution in [0.3, 0.4) is 0 Å². The lowest BCUT2D eigenvalue weighted by atomic mass is 10.0. The fourth-order valence-corrected chi connectivity index (χ4v) is 3.62. The first-order chi connectivity index (χ1) is 13.6. The average Bonchev–Trinajstić information content (AvgIpc) is 3.24. The van der Waals surface area contributed by atoms with Crippen molar-refractivity contribution in [1.82, 2.24) is 15.5 Å². The van der Waals surface area contributed by atoms with Gasteiger partial charge in [-0.15, -0.1) is 24.0 Å². The second-order valence-corrected chi connectivity index (χ2v) is 7.73. The van der Waals surface area contributed by atoms with Gasteiger partial charge < -0.3 is 25.2 Å². The Morgan fingerprint density at radius 2 is 2.03 bits per heavy atom. The number of ether oxygens (including phenoxy) is 1. The van der Waals surface area contributed by atoms with Crippen LogP contribution in [0.2, 0.25) is 0 Å². The quantitative estimate of drug-likeness (QED) is 0.345. The molecule has 2 atom stereocenters. The monoisotopic (exact) mass is 515 g/mol. The number of nitrogens with zero attached hydrogens (tertiary/aromatic N) is 3. The number of carbonyl (C=O) groups is 1. The van der Waals surface area contributed by atoms with Gasteiger partial charge in [-0.3, -0.25) is 4.79 Å². The van der Waals surface area contributed by atoms with Crippen LogP contribution in [-0.2, 0) is 9.53 Å². The number of anilines is 1. The molecule has 0 radical (unpaired) electrons. The summed E-state index contributed by atoms with van der Waals surface area (Å²) in [4.78, 5) is 20.5. The molecule has 2 saturated heterocycles. The highest BCUT2D eigenvalue weighted by Crippen LogP contribution is 2.19. The maximum atomic E-state index is 12.0. The van der Waals surface area contributed by atoms with Crippen LogP contribution in [0.15, 0.2) is 35.3 Å². The minimum atomic E-state index is -0.00669. The van der Waals surface area contributed by atoms with Crippen LogP contribution >= 0.6 is 24.0 Å². The zero-order valence-electron chi connectivity index (χ0n) is 17.5. The molecule has 0 aromatic heterocycles. The molecular weight excluding hydrogens is 481 g/mol. The second-order valence-electron chi connectivity index (χ2n) is 7.73. The summed E-state index contributed by atoms with van der Waals surface area (Å²) in [5.74, 6) is 0.693. The van der Waals surface area contributed by atoms with Gasteiger partial charge in [-0.2, -0.15) is 0 Å². The van der Waals surface area contributed by atoms with E-state index in [0.29, 0.717) is 12.0 Å². The van der Waals surface area contributed by atoms with E-state index in [1.165, 1.54) is 5.69 Å². The van der Waals surface area contributed by atoms with Crippen LogP contribution in [0, 0.1) is 0 Å². The molecule has 0 bridgehead atoms. The average molecular weight is 515 g/mol. The molecule has 2 N–H and O–H groups in total. The van der Waals surface area contributed by atoms with E-state index in [1.807, 2.05) is 6.07 Å². The summed E-state index contributed by atoms with van der Waals surface area (Å²) in [6, 6.07) is 10.8. The predicted octanol–water partition coefficient (Wildman–Crippen LogP) is 2.08. The third kappa shape index (κ3) is 7.65. The smallest absolute Gasteiger partial charge is 0.243 e. The van der Waals surface area contributed by atoms with Gasteiger partial charge in [0, 0.05) is 52.1 Å². The summed E-state index contributed by atoms with van der Waals surface area (Å²) in [6.45, 7) is 3.68. The number of benzene rings is 1. The number of aliphatic imine (C=N–C) groups is 1. The van der Waals surface area contributed by atoms with Crippen molar-refractivity contribution in [2.24, 2.45) is 4.99 Å². The molecule has 0 aliphatic carbocycles. The van der Waals surface area contributed by atoms with Crippen molar-refractivity contribution in [2.45, 2.75) is 37.8 Å². The number of carbonyl (C=O) groups excluding carboxylic acids is 1. The van der Waals surface area contributed by atoms with E-state index >= 15 is 0 Å². The predicted molar refractivity (Wildman–Crippen MR) is 128 cm³/mol. The number of hydrogen-bond donors (Lipinski definition) is 2. The van der Waals surface area contributed by atoms with E-state index < -0.39 is 0 Å². The summed E-state index contributed by atoms with van der Waals surface area (Å²) >= 11 is 0. The molecule has 1 aromatic carbocycles. The van der Waals surface area contributed by atoms with E-state index in [9.17, 15) is 4.79 Å². The summed E-state index contributed by atoms with van der Waals surface area (Å²) in [5, 5.41) is 6.93. The molecule has 2 fully saturated rings. The number of para-hydroxylation sites is 1. The molecule has 3 rings (SSSR count). The second kappa shape index (κ2) is 12.2. The maximum Gasteiger partial charge on any atom is 0.243 e. The van der Waals surface area contributed by atoms with Gasteiger partial charge in [-0.25, -0.2) is 4.99 Å². The van der Waals surface area contributed by atoms with Gasteiger partial charge in [0.2, 0.25) is 5.91 Å². The third-order valence-electron chi connectivity index (χ3n) is 5.28. The van der Waals surface area contributed by atoms with Crippen molar-refractivity contribution in [3.8, 4) is 0 Å². The standard InChI is InChI=1S/C21H33N5O2.HI/c1-25(2)20(27)15-23-21(22-14-19-11-7-13-28-19)24-17-8-6-12-26(16-17)18-9-4-3-5-10-18;/h3-5,9-10,17,19H,6-8,11-16H2,1-2H3,(H2,22,23,24);1H. The van der Waals surface area contributed by atoms with Crippen LogP contribution in [0.1, 0.15) is 25.7 Å². The van der Waals surface area contributed by atoms with Crippen LogP contribution in [0.25, 0.3) is 0 Å². The van der Waals surface area contributed by atoms with Gasteiger partial charge in [0.15, 0.2) is 5.96 Å². The minimum Gasteiger partial charge on any atom is -0.376 e. The third-order valence-corrected chi connectivity index (χ3v) is 5.28. The zero-order valence-corrected chi connectivity index (χ0v) is 19.8. The number of amides is 1. The molecule has 1 aromatic rings. The SMILES string of the molecule is CN(C)C(=O)CN=C(NCC1CCCO1)NC1CCCN(c2ccccc2)C1.I. The highest BCUT2D eigenvalue weighted by molar-refractivity contribution is 14.0. The fourth-order valence-electron chi connectivity index (χ4n) is 3.62. The molecule has 0 spiro atoms. The topological polar surface area (TPSA) is 69.2 Å². The molecule has 2 heterocycles. The van der Waals surface area contributed by atoms with Crippen LogP contribution < -0.4 is 15.5 Å². The Balaban J connectivity index is 0.00000300. The first kappa shape index (κ1) is 23.7. The molecule has 29 heavy (non-hydrogen) atoms.